The van der Waals surface area contributed by atoms with E-state index in [1.807, 2.05) is 76.5 Å². The summed E-state index contributed by atoms with van der Waals surface area (Å²) < 4.78 is 0. The van der Waals surface area contributed by atoms with Crippen molar-refractivity contribution in [3.8, 4) is 0 Å². The third-order valence-electron chi connectivity index (χ3n) is 7.75. The molecule has 0 radical (unpaired) electrons. The van der Waals surface area contributed by atoms with Crippen LogP contribution < -0.4 is 0 Å². The van der Waals surface area contributed by atoms with E-state index in [1.54, 1.807) is 0 Å². The van der Waals surface area contributed by atoms with E-state index in [0.29, 0.717) is 19.6 Å². The number of hydrogen-bond donors (Lipinski definition) is 0. The fraction of sp³-hybridized carbons (Fsp3) is 0.333. The molecule has 4 amide bonds. The molecule has 1 unspecified atom stereocenters. The van der Waals surface area contributed by atoms with E-state index in [4.69, 9.17) is 0 Å². The Balaban J connectivity index is 1.46. The summed E-state index contributed by atoms with van der Waals surface area (Å²) in [5.74, 6) is -0.927. The first-order chi connectivity index (χ1) is 18.2. The molecule has 0 aromatic heterocycles. The van der Waals surface area contributed by atoms with E-state index in [-0.39, 0.29) is 18.6 Å². The van der Waals surface area contributed by atoms with Crippen molar-refractivity contribution in [2.45, 2.75) is 38.4 Å². The molecule has 0 saturated carbocycles. The minimum atomic E-state index is -0.927. The van der Waals surface area contributed by atoms with Crippen molar-refractivity contribution in [1.82, 2.24) is 24.5 Å². The van der Waals surface area contributed by atoms with Crippen LogP contribution in [-0.2, 0) is 19.6 Å². The lowest BCUT2D eigenvalue weighted by atomic mass is 10.0. The Morgan fingerprint density at radius 3 is 1.68 bits per heavy atom. The second kappa shape index (κ2) is 10.00. The molecule has 3 aliphatic heterocycles. The predicted octanol–water partition coefficient (Wildman–Crippen LogP) is 4.77. The number of imide groups is 1. The number of amides is 4. The van der Waals surface area contributed by atoms with Crippen molar-refractivity contribution >= 4 is 12.1 Å². The van der Waals surface area contributed by atoms with Crippen molar-refractivity contribution in [2.75, 3.05) is 26.2 Å². The van der Waals surface area contributed by atoms with Crippen LogP contribution in [0.15, 0.2) is 91.0 Å². The molecule has 1 spiro atoms. The average molecular weight is 496 g/mol. The lowest BCUT2D eigenvalue weighted by Gasteiger charge is -2.66. The first-order valence-corrected chi connectivity index (χ1v) is 13.2. The minimum Gasteiger partial charge on any atom is -0.274 e. The van der Waals surface area contributed by atoms with Gasteiger partial charge in [-0.2, -0.15) is 0 Å². The molecule has 3 aliphatic rings. The van der Waals surface area contributed by atoms with E-state index in [2.05, 4.69) is 34.1 Å². The van der Waals surface area contributed by atoms with Crippen molar-refractivity contribution in [3.05, 3.63) is 108 Å². The summed E-state index contributed by atoms with van der Waals surface area (Å²) in [6, 6.07) is 29.8. The van der Waals surface area contributed by atoms with Gasteiger partial charge in [0.1, 0.15) is 0 Å². The maximum absolute atomic E-state index is 14.4. The van der Waals surface area contributed by atoms with Crippen molar-refractivity contribution in [1.29, 1.82) is 0 Å². The molecule has 7 nitrogen and oxygen atoms in total. The lowest BCUT2D eigenvalue weighted by molar-refractivity contribution is -0.276. The third-order valence-corrected chi connectivity index (χ3v) is 7.75. The van der Waals surface area contributed by atoms with E-state index >= 15 is 0 Å². The number of urea groups is 2. The van der Waals surface area contributed by atoms with Crippen LogP contribution in [0.1, 0.15) is 29.5 Å². The zero-order chi connectivity index (χ0) is 25.2. The highest BCUT2D eigenvalue weighted by Crippen LogP contribution is 2.42. The molecule has 0 aliphatic carbocycles. The highest BCUT2D eigenvalue weighted by atomic mass is 16.2. The summed E-state index contributed by atoms with van der Waals surface area (Å²) in [5, 5.41) is 0. The van der Waals surface area contributed by atoms with Crippen molar-refractivity contribution < 1.29 is 9.59 Å². The number of rotatable bonds is 6. The summed E-state index contributed by atoms with van der Waals surface area (Å²) in [6.45, 7) is 4.49. The van der Waals surface area contributed by atoms with E-state index in [0.717, 1.165) is 43.6 Å². The first-order valence-electron chi connectivity index (χ1n) is 13.2. The largest absolute Gasteiger partial charge is 0.332 e. The van der Waals surface area contributed by atoms with Crippen LogP contribution in [-0.4, -0.2) is 68.7 Å². The van der Waals surface area contributed by atoms with Gasteiger partial charge < -0.3 is 0 Å². The Kier molecular flexibility index (Phi) is 6.40. The molecule has 0 N–H and O–H groups in total. The molecule has 3 heterocycles. The van der Waals surface area contributed by atoms with Gasteiger partial charge in [-0.05, 0) is 29.5 Å². The van der Waals surface area contributed by atoms with Gasteiger partial charge in [0.25, 0.3) is 0 Å². The lowest BCUT2D eigenvalue weighted by Crippen LogP contribution is -2.87. The van der Waals surface area contributed by atoms with Gasteiger partial charge in [-0.25, -0.2) is 24.3 Å². The zero-order valence-corrected chi connectivity index (χ0v) is 21.1. The second-order valence-electron chi connectivity index (χ2n) is 10.1. The Morgan fingerprint density at radius 2 is 1.08 bits per heavy atom. The number of benzene rings is 3. The Morgan fingerprint density at radius 1 is 0.568 bits per heavy atom. The quantitative estimate of drug-likeness (QED) is 0.494. The van der Waals surface area contributed by atoms with Crippen LogP contribution >= 0.6 is 0 Å². The summed E-state index contributed by atoms with van der Waals surface area (Å²) in [5.41, 5.74) is 3.17. The maximum Gasteiger partial charge on any atom is 0.332 e. The van der Waals surface area contributed by atoms with Gasteiger partial charge in [0.2, 0.25) is 5.91 Å². The SMILES string of the molecule is O=C1N(Cc2ccccc2)C(=O)N(Cc2ccccc2)C23N(CCCN2Cc2ccccc2)CCCN13. The Labute approximate surface area is 218 Å². The number of hydrogen-bond acceptors (Lipinski definition) is 4. The van der Waals surface area contributed by atoms with E-state index in [1.165, 1.54) is 10.5 Å². The molecule has 1 atom stereocenters. The van der Waals surface area contributed by atoms with Gasteiger partial charge in [-0.3, -0.25) is 9.80 Å². The number of nitrogens with zero attached hydrogens (tertiary/aromatic N) is 5. The van der Waals surface area contributed by atoms with Gasteiger partial charge in [0, 0.05) is 32.7 Å². The molecule has 7 heteroatoms. The molecule has 190 valence electrons. The molecule has 3 saturated heterocycles. The van der Waals surface area contributed by atoms with Crippen LogP contribution in [0.5, 0.6) is 0 Å². The van der Waals surface area contributed by atoms with Gasteiger partial charge in [-0.1, -0.05) is 91.0 Å². The summed E-state index contributed by atoms with van der Waals surface area (Å²) in [7, 11) is 0. The molecular formula is C30H33N5O2. The van der Waals surface area contributed by atoms with Gasteiger partial charge in [0.05, 0.1) is 13.1 Å². The van der Waals surface area contributed by atoms with Gasteiger partial charge >= 0.3 is 12.1 Å². The van der Waals surface area contributed by atoms with Crippen LogP contribution in [0.25, 0.3) is 0 Å². The summed E-state index contributed by atoms with van der Waals surface area (Å²) in [6.07, 6.45) is 1.89. The summed E-state index contributed by atoms with van der Waals surface area (Å²) in [4.78, 5) is 38.6. The topological polar surface area (TPSA) is 50.3 Å². The first kappa shape index (κ1) is 23.7. The zero-order valence-electron chi connectivity index (χ0n) is 21.1. The Hall–Kier alpha value is -3.68. The molecule has 3 aromatic rings. The van der Waals surface area contributed by atoms with Crippen LogP contribution in [0, 0.1) is 0 Å². The van der Waals surface area contributed by atoms with Crippen LogP contribution in [0.2, 0.25) is 0 Å². The van der Waals surface area contributed by atoms with Crippen molar-refractivity contribution in [3.63, 3.8) is 0 Å². The fourth-order valence-corrected chi connectivity index (χ4v) is 6.17. The highest BCUT2D eigenvalue weighted by Gasteiger charge is 2.63. The molecular weight excluding hydrogens is 462 g/mol. The monoisotopic (exact) mass is 495 g/mol. The van der Waals surface area contributed by atoms with Gasteiger partial charge in [-0.15, -0.1) is 0 Å². The minimum absolute atomic E-state index is 0.206. The molecule has 3 aromatic carbocycles. The molecule has 3 fully saturated rings. The average Bonchev–Trinajstić information content (AvgIpc) is 2.95. The molecule has 6 rings (SSSR count). The number of carbonyl (C=O) groups is 2. The smallest absolute Gasteiger partial charge is 0.274 e. The summed E-state index contributed by atoms with van der Waals surface area (Å²) >= 11 is 0. The standard InChI is InChI=1S/C30H33N5O2/c36-28-33(23-26-14-6-2-7-15-26)29(37)35(24-27-16-8-3-9-17-27)30-31(19-11-21-34(28)30)18-10-20-32(30)22-25-12-4-1-5-13-25/h1-9,12-17H,10-11,18-24H2. The third kappa shape index (κ3) is 4.18. The van der Waals surface area contributed by atoms with Gasteiger partial charge in [0.15, 0.2) is 0 Å². The fourth-order valence-electron chi connectivity index (χ4n) is 6.17. The van der Waals surface area contributed by atoms with Crippen LogP contribution in [0.4, 0.5) is 9.59 Å². The van der Waals surface area contributed by atoms with Crippen LogP contribution in [0.3, 0.4) is 0 Å². The van der Waals surface area contributed by atoms with E-state index < -0.39 is 5.91 Å². The number of carbonyl (C=O) groups excluding carboxylic acids is 2. The second-order valence-corrected chi connectivity index (χ2v) is 10.1. The maximum atomic E-state index is 14.4. The highest BCUT2D eigenvalue weighted by molar-refractivity contribution is 5.96. The van der Waals surface area contributed by atoms with Crippen molar-refractivity contribution in [2.24, 2.45) is 0 Å². The van der Waals surface area contributed by atoms with E-state index in [9.17, 15) is 9.59 Å². The molecule has 37 heavy (non-hydrogen) atoms. The Bertz CT molecular complexity index is 1240. The predicted molar refractivity (Wildman–Crippen MR) is 142 cm³/mol. The normalized spacial score (nSPS) is 22.6. The molecule has 0 bridgehead atoms.